The van der Waals surface area contributed by atoms with Crippen LogP contribution in [0.1, 0.15) is 38.5 Å². The monoisotopic (exact) mass is 356 g/mol. The molecule has 1 atom stereocenters. The zero-order valence-corrected chi connectivity index (χ0v) is 15.8. The molecule has 26 heavy (non-hydrogen) atoms. The fourth-order valence-corrected chi connectivity index (χ4v) is 3.45. The minimum atomic E-state index is 0.334. The SMILES string of the molecule is C=CC(=C)/N=C\C=C(/CC1=C(N)NCC1)N1CCCC(OCC2CC2)C1. The standard InChI is InChI=1S/C21H32N4O/c1-3-16(2)23-11-9-19(13-18-8-10-24-21(18)22)25-12-4-5-20(14-25)26-15-17-6-7-17/h3,9,11,17,20,24H,1-2,4-8,10,12-15,22H2/b19-9+,23-11-. The second-order valence-electron chi connectivity index (χ2n) is 7.49. The van der Waals surface area contributed by atoms with Crippen LogP contribution >= 0.6 is 0 Å². The molecule has 5 nitrogen and oxygen atoms in total. The zero-order valence-electron chi connectivity index (χ0n) is 15.8. The Kier molecular flexibility index (Phi) is 6.56. The molecule has 2 fully saturated rings. The summed E-state index contributed by atoms with van der Waals surface area (Å²) in [5.74, 6) is 1.65. The number of nitrogens with zero attached hydrogens (tertiary/aromatic N) is 2. The van der Waals surface area contributed by atoms with Crippen molar-refractivity contribution in [1.82, 2.24) is 10.2 Å². The molecule has 0 aromatic rings. The Bertz CT molecular complexity index is 616. The van der Waals surface area contributed by atoms with Gasteiger partial charge in [0.15, 0.2) is 0 Å². The van der Waals surface area contributed by atoms with Crippen LogP contribution in [0.4, 0.5) is 0 Å². The van der Waals surface area contributed by atoms with E-state index >= 15 is 0 Å². The van der Waals surface area contributed by atoms with E-state index in [1.807, 2.05) is 6.21 Å². The van der Waals surface area contributed by atoms with Gasteiger partial charge in [0.1, 0.15) is 0 Å². The number of nitrogens with one attached hydrogen (secondary N) is 1. The minimum absolute atomic E-state index is 0.334. The lowest BCUT2D eigenvalue weighted by Crippen LogP contribution is -2.39. The molecule has 2 heterocycles. The van der Waals surface area contributed by atoms with E-state index < -0.39 is 0 Å². The summed E-state index contributed by atoms with van der Waals surface area (Å²) in [6, 6.07) is 0. The van der Waals surface area contributed by atoms with Crippen LogP contribution in [0, 0.1) is 5.92 Å². The highest BCUT2D eigenvalue weighted by Crippen LogP contribution is 2.31. The topological polar surface area (TPSA) is 62.9 Å². The van der Waals surface area contributed by atoms with Gasteiger partial charge >= 0.3 is 0 Å². The van der Waals surface area contributed by atoms with Gasteiger partial charge in [-0.3, -0.25) is 4.99 Å². The van der Waals surface area contributed by atoms with Crippen LogP contribution in [0.5, 0.6) is 0 Å². The largest absolute Gasteiger partial charge is 0.386 e. The first-order valence-electron chi connectivity index (χ1n) is 9.78. The van der Waals surface area contributed by atoms with Gasteiger partial charge in [-0.1, -0.05) is 13.2 Å². The van der Waals surface area contributed by atoms with Crippen LogP contribution in [0.25, 0.3) is 0 Å². The van der Waals surface area contributed by atoms with Gasteiger partial charge in [-0.25, -0.2) is 0 Å². The molecule has 1 aliphatic carbocycles. The number of rotatable bonds is 9. The van der Waals surface area contributed by atoms with E-state index in [1.165, 1.54) is 24.1 Å². The van der Waals surface area contributed by atoms with E-state index in [0.29, 0.717) is 11.8 Å². The Labute approximate surface area is 157 Å². The maximum Gasteiger partial charge on any atom is 0.0956 e. The summed E-state index contributed by atoms with van der Waals surface area (Å²) in [5.41, 5.74) is 9.32. The maximum absolute atomic E-state index is 6.16. The van der Waals surface area contributed by atoms with Crippen LogP contribution in [0.3, 0.4) is 0 Å². The Morgan fingerprint density at radius 1 is 1.38 bits per heavy atom. The Morgan fingerprint density at radius 3 is 2.92 bits per heavy atom. The lowest BCUT2D eigenvalue weighted by atomic mass is 10.0. The highest BCUT2D eigenvalue weighted by molar-refractivity contribution is 5.73. The number of aliphatic imine (C=N–C) groups is 1. The third kappa shape index (κ3) is 5.49. The summed E-state index contributed by atoms with van der Waals surface area (Å²) in [4.78, 5) is 6.77. The van der Waals surface area contributed by atoms with Gasteiger partial charge < -0.3 is 20.7 Å². The maximum atomic E-state index is 6.16. The fourth-order valence-electron chi connectivity index (χ4n) is 3.45. The Morgan fingerprint density at radius 2 is 2.23 bits per heavy atom. The van der Waals surface area contributed by atoms with Gasteiger partial charge in [-0.05, 0) is 55.7 Å². The van der Waals surface area contributed by atoms with Crippen molar-refractivity contribution in [3.8, 4) is 0 Å². The van der Waals surface area contributed by atoms with E-state index in [2.05, 4.69) is 34.4 Å². The summed E-state index contributed by atoms with van der Waals surface area (Å²) in [6.45, 7) is 11.4. The van der Waals surface area contributed by atoms with Crippen molar-refractivity contribution in [3.63, 3.8) is 0 Å². The van der Waals surface area contributed by atoms with Crippen LogP contribution in [-0.4, -0.2) is 43.5 Å². The summed E-state index contributed by atoms with van der Waals surface area (Å²) in [5, 5.41) is 3.24. The lowest BCUT2D eigenvalue weighted by molar-refractivity contribution is 0.00279. The molecule has 0 bridgehead atoms. The molecule has 0 aromatic heterocycles. The smallest absolute Gasteiger partial charge is 0.0956 e. The lowest BCUT2D eigenvalue weighted by Gasteiger charge is -2.36. The summed E-state index contributed by atoms with van der Waals surface area (Å²) >= 11 is 0. The first kappa shape index (κ1) is 18.8. The molecule has 0 radical (unpaired) electrons. The van der Waals surface area contributed by atoms with Crippen LogP contribution < -0.4 is 11.1 Å². The van der Waals surface area contributed by atoms with E-state index in [0.717, 1.165) is 63.7 Å². The van der Waals surface area contributed by atoms with Gasteiger partial charge in [0.25, 0.3) is 0 Å². The molecule has 1 saturated carbocycles. The van der Waals surface area contributed by atoms with Crippen molar-refractivity contribution < 1.29 is 4.74 Å². The first-order chi connectivity index (χ1) is 12.7. The molecule has 5 heteroatoms. The number of piperidine rings is 1. The highest BCUT2D eigenvalue weighted by atomic mass is 16.5. The molecule has 3 aliphatic rings. The Hall–Kier alpha value is -2.01. The molecule has 0 spiro atoms. The molecular formula is C21H32N4O. The molecule has 1 unspecified atom stereocenters. The molecule has 0 aromatic carbocycles. The summed E-state index contributed by atoms with van der Waals surface area (Å²) in [7, 11) is 0. The Balaban J connectivity index is 1.67. The van der Waals surface area contributed by atoms with Crippen LogP contribution in [0.15, 0.2) is 53.1 Å². The number of likely N-dealkylation sites (tertiary alicyclic amines) is 1. The van der Waals surface area contributed by atoms with Crippen molar-refractivity contribution in [3.05, 3.63) is 48.1 Å². The van der Waals surface area contributed by atoms with Gasteiger partial charge in [-0.2, -0.15) is 0 Å². The average Bonchev–Trinajstić information content (AvgIpc) is 3.41. The molecule has 3 N–H and O–H groups in total. The van der Waals surface area contributed by atoms with E-state index in [9.17, 15) is 0 Å². The normalized spacial score (nSPS) is 24.2. The third-order valence-corrected chi connectivity index (χ3v) is 5.31. The molecule has 142 valence electrons. The predicted octanol–water partition coefficient (Wildman–Crippen LogP) is 3.09. The third-order valence-electron chi connectivity index (χ3n) is 5.31. The quantitative estimate of drug-likeness (QED) is 0.492. The fraction of sp³-hybridized carbons (Fsp3) is 0.571. The van der Waals surface area contributed by atoms with Crippen LogP contribution in [-0.2, 0) is 4.74 Å². The van der Waals surface area contributed by atoms with Crippen molar-refractivity contribution in [2.24, 2.45) is 16.6 Å². The number of nitrogens with two attached hydrogens (primary N) is 1. The first-order valence-corrected chi connectivity index (χ1v) is 9.78. The second-order valence-corrected chi connectivity index (χ2v) is 7.49. The van der Waals surface area contributed by atoms with Crippen molar-refractivity contribution in [2.45, 2.75) is 44.6 Å². The highest BCUT2D eigenvalue weighted by Gasteiger charge is 2.27. The predicted molar refractivity (Wildman–Crippen MR) is 108 cm³/mol. The zero-order chi connectivity index (χ0) is 18.4. The summed E-state index contributed by atoms with van der Waals surface area (Å²) in [6.07, 6.45) is 12.8. The van der Waals surface area contributed by atoms with Crippen molar-refractivity contribution in [1.29, 1.82) is 0 Å². The van der Waals surface area contributed by atoms with Gasteiger partial charge in [-0.15, -0.1) is 0 Å². The van der Waals surface area contributed by atoms with Crippen molar-refractivity contribution >= 4 is 6.21 Å². The van der Waals surface area contributed by atoms with E-state index in [4.69, 9.17) is 10.5 Å². The molecule has 2 aliphatic heterocycles. The van der Waals surface area contributed by atoms with Crippen molar-refractivity contribution in [2.75, 3.05) is 26.2 Å². The second kappa shape index (κ2) is 9.08. The number of ether oxygens (including phenoxy) is 1. The van der Waals surface area contributed by atoms with Gasteiger partial charge in [0, 0.05) is 44.6 Å². The van der Waals surface area contributed by atoms with E-state index in [1.54, 1.807) is 6.08 Å². The molecule has 3 rings (SSSR count). The minimum Gasteiger partial charge on any atom is -0.386 e. The van der Waals surface area contributed by atoms with Gasteiger partial charge in [0.05, 0.1) is 17.6 Å². The average molecular weight is 357 g/mol. The number of hydrogen-bond donors (Lipinski definition) is 2. The number of hydrogen-bond acceptors (Lipinski definition) is 5. The number of allylic oxidation sites excluding steroid dienone is 3. The molecular weight excluding hydrogens is 324 g/mol. The van der Waals surface area contributed by atoms with Crippen LogP contribution in [0.2, 0.25) is 0 Å². The van der Waals surface area contributed by atoms with Gasteiger partial charge in [0.2, 0.25) is 0 Å². The van der Waals surface area contributed by atoms with E-state index in [-0.39, 0.29) is 0 Å². The molecule has 1 saturated heterocycles. The summed E-state index contributed by atoms with van der Waals surface area (Å²) < 4.78 is 6.16. The molecule has 0 amide bonds.